The van der Waals surface area contributed by atoms with Gasteiger partial charge in [0.15, 0.2) is 0 Å². The van der Waals surface area contributed by atoms with E-state index >= 15 is 0 Å². The number of halogens is 1. The minimum absolute atomic E-state index is 0.0317. The summed E-state index contributed by atoms with van der Waals surface area (Å²) in [5.41, 5.74) is 0.305. The van der Waals surface area contributed by atoms with Crippen LogP contribution >= 0.6 is 11.6 Å². The molecule has 18 heavy (non-hydrogen) atoms. The van der Waals surface area contributed by atoms with Crippen molar-refractivity contribution in [1.82, 2.24) is 14.9 Å². The van der Waals surface area contributed by atoms with Gasteiger partial charge in [-0.1, -0.05) is 0 Å². The van der Waals surface area contributed by atoms with Crippen LogP contribution in [0.4, 0.5) is 0 Å². The monoisotopic (exact) mass is 265 g/mol. The zero-order chi connectivity index (χ0) is 12.7. The van der Waals surface area contributed by atoms with E-state index in [1.807, 2.05) is 0 Å². The third-order valence-electron chi connectivity index (χ3n) is 3.24. The van der Waals surface area contributed by atoms with Crippen molar-refractivity contribution in [2.24, 2.45) is 0 Å². The number of hydrogen-bond donors (Lipinski definition) is 2. The summed E-state index contributed by atoms with van der Waals surface area (Å²) in [7, 11) is 0. The van der Waals surface area contributed by atoms with Gasteiger partial charge >= 0.3 is 0 Å². The summed E-state index contributed by atoms with van der Waals surface area (Å²) >= 11 is 6.09. The second-order valence-electron chi connectivity index (χ2n) is 4.40. The van der Waals surface area contributed by atoms with Crippen LogP contribution in [-0.2, 0) is 0 Å². The second kappa shape index (κ2) is 4.26. The Labute approximate surface area is 108 Å². The Hall–Kier alpha value is -1.59. The van der Waals surface area contributed by atoms with Crippen molar-refractivity contribution in [2.75, 3.05) is 13.1 Å². The lowest BCUT2D eigenvalue weighted by Crippen LogP contribution is -2.27. The van der Waals surface area contributed by atoms with Gasteiger partial charge in [-0.3, -0.25) is 9.36 Å². The van der Waals surface area contributed by atoms with Crippen LogP contribution in [0.3, 0.4) is 0 Å². The fraction of sp³-hybridized carbons (Fsp3) is 0.333. The Bertz CT molecular complexity index is 662. The van der Waals surface area contributed by atoms with E-state index in [1.165, 1.54) is 16.7 Å². The fourth-order valence-electron chi connectivity index (χ4n) is 2.34. The van der Waals surface area contributed by atoms with E-state index in [0.717, 1.165) is 13.0 Å². The van der Waals surface area contributed by atoms with Crippen LogP contribution < -0.4 is 10.9 Å². The number of nitrogens with zero attached hydrogens (tertiary/aromatic N) is 2. The smallest absolute Gasteiger partial charge is 0.262 e. The normalized spacial score (nSPS) is 19.5. The summed E-state index contributed by atoms with van der Waals surface area (Å²) in [4.78, 5) is 16.6. The van der Waals surface area contributed by atoms with Gasteiger partial charge in [0.05, 0.1) is 16.9 Å². The molecule has 5 nitrogen and oxygen atoms in total. The summed E-state index contributed by atoms with van der Waals surface area (Å²) in [5, 5.41) is 13.2. The van der Waals surface area contributed by atoms with Crippen molar-refractivity contribution in [1.29, 1.82) is 0 Å². The number of hydrogen-bond acceptors (Lipinski definition) is 4. The van der Waals surface area contributed by atoms with Crippen LogP contribution in [0, 0.1) is 0 Å². The van der Waals surface area contributed by atoms with Crippen molar-refractivity contribution in [3.8, 4) is 5.75 Å². The van der Waals surface area contributed by atoms with Gasteiger partial charge in [-0.25, -0.2) is 4.98 Å². The maximum Gasteiger partial charge on any atom is 0.262 e. The number of nitrogens with one attached hydrogen (secondary N) is 1. The summed E-state index contributed by atoms with van der Waals surface area (Å²) < 4.78 is 1.50. The number of aromatic nitrogens is 2. The number of benzene rings is 1. The highest BCUT2D eigenvalue weighted by Crippen LogP contribution is 2.21. The summed E-state index contributed by atoms with van der Waals surface area (Å²) in [6.07, 6.45) is 0.853. The first-order chi connectivity index (χ1) is 8.66. The number of aromatic hydroxyl groups is 1. The topological polar surface area (TPSA) is 67.1 Å². The molecule has 0 aliphatic carbocycles. The van der Waals surface area contributed by atoms with Gasteiger partial charge in [-0.05, 0) is 42.8 Å². The van der Waals surface area contributed by atoms with E-state index in [1.54, 1.807) is 6.07 Å². The van der Waals surface area contributed by atoms with E-state index < -0.39 is 0 Å². The molecule has 2 heterocycles. The number of fused-ring (bicyclic) bond motifs is 1. The molecule has 3 rings (SSSR count). The fourth-order valence-corrected chi connectivity index (χ4v) is 2.64. The molecule has 1 aliphatic rings. The van der Waals surface area contributed by atoms with Gasteiger partial charge in [0.25, 0.3) is 5.56 Å². The highest BCUT2D eigenvalue weighted by Gasteiger charge is 2.21. The Kier molecular flexibility index (Phi) is 2.72. The average Bonchev–Trinajstić information content (AvgIpc) is 2.84. The highest BCUT2D eigenvalue weighted by molar-refractivity contribution is 6.28. The molecule has 94 valence electrons. The van der Waals surface area contributed by atoms with Gasteiger partial charge in [-0.15, -0.1) is 0 Å². The molecule has 1 fully saturated rings. The van der Waals surface area contributed by atoms with Gasteiger partial charge < -0.3 is 10.4 Å². The zero-order valence-electron chi connectivity index (χ0n) is 9.56. The lowest BCUT2D eigenvalue weighted by molar-refractivity contribution is 0.475. The molecule has 0 saturated carbocycles. The minimum atomic E-state index is -0.199. The van der Waals surface area contributed by atoms with Crippen LogP contribution in [0.25, 0.3) is 10.9 Å². The molecule has 1 saturated heterocycles. The van der Waals surface area contributed by atoms with Crippen molar-refractivity contribution < 1.29 is 5.11 Å². The molecule has 1 atom stereocenters. The second-order valence-corrected chi connectivity index (χ2v) is 4.74. The highest BCUT2D eigenvalue weighted by atomic mass is 35.5. The van der Waals surface area contributed by atoms with Gasteiger partial charge in [0.2, 0.25) is 5.28 Å². The average molecular weight is 266 g/mol. The number of phenols is 1. The number of rotatable bonds is 1. The largest absolute Gasteiger partial charge is 0.508 e. The van der Waals surface area contributed by atoms with Crippen molar-refractivity contribution in [3.63, 3.8) is 0 Å². The first-order valence-corrected chi connectivity index (χ1v) is 6.16. The van der Waals surface area contributed by atoms with Crippen LogP contribution in [0.2, 0.25) is 5.28 Å². The van der Waals surface area contributed by atoms with E-state index in [-0.39, 0.29) is 22.6 Å². The van der Waals surface area contributed by atoms with Crippen molar-refractivity contribution in [3.05, 3.63) is 33.8 Å². The van der Waals surface area contributed by atoms with Crippen LogP contribution in [-0.4, -0.2) is 27.7 Å². The quantitative estimate of drug-likeness (QED) is 0.763. The number of phenolic OH excluding ortho intramolecular Hbond substituents is 1. The van der Waals surface area contributed by atoms with E-state index in [2.05, 4.69) is 10.3 Å². The Morgan fingerprint density at radius 2 is 2.33 bits per heavy atom. The summed E-state index contributed by atoms with van der Waals surface area (Å²) in [6.45, 7) is 1.58. The molecule has 2 aromatic rings. The molecular weight excluding hydrogens is 254 g/mol. The van der Waals surface area contributed by atoms with E-state index in [4.69, 9.17) is 11.6 Å². The molecule has 1 aromatic carbocycles. The predicted octanol–water partition coefficient (Wildman–Crippen LogP) is 1.29. The molecule has 6 heteroatoms. The Balaban J connectivity index is 2.28. The maximum absolute atomic E-state index is 12.4. The SMILES string of the molecule is O=c1c2cc(O)ccc2nc(Cl)n1C1CCNC1. The van der Waals surface area contributed by atoms with Crippen molar-refractivity contribution in [2.45, 2.75) is 12.5 Å². The zero-order valence-corrected chi connectivity index (χ0v) is 10.3. The van der Waals surface area contributed by atoms with Crippen molar-refractivity contribution >= 4 is 22.5 Å². The molecule has 1 aliphatic heterocycles. The molecule has 0 radical (unpaired) electrons. The standard InChI is InChI=1S/C12H12ClN3O2/c13-12-15-10-2-1-8(17)5-9(10)11(18)16(12)7-3-4-14-6-7/h1-2,5,7,14,17H,3-4,6H2. The third-order valence-corrected chi connectivity index (χ3v) is 3.51. The van der Waals surface area contributed by atoms with Crippen LogP contribution in [0.1, 0.15) is 12.5 Å². The lowest BCUT2D eigenvalue weighted by Gasteiger charge is -2.15. The molecule has 1 aromatic heterocycles. The van der Waals surface area contributed by atoms with Gasteiger partial charge in [-0.2, -0.15) is 0 Å². The molecule has 0 bridgehead atoms. The summed E-state index contributed by atoms with van der Waals surface area (Å²) in [5.74, 6) is 0.0554. The molecular formula is C12H12ClN3O2. The minimum Gasteiger partial charge on any atom is -0.508 e. The Morgan fingerprint density at radius 3 is 3.06 bits per heavy atom. The first-order valence-electron chi connectivity index (χ1n) is 5.78. The van der Waals surface area contributed by atoms with Gasteiger partial charge in [0.1, 0.15) is 5.75 Å². The van der Waals surface area contributed by atoms with Crippen LogP contribution in [0.15, 0.2) is 23.0 Å². The van der Waals surface area contributed by atoms with E-state index in [9.17, 15) is 9.90 Å². The molecule has 0 amide bonds. The first kappa shape index (κ1) is 11.5. The predicted molar refractivity (Wildman–Crippen MR) is 69.2 cm³/mol. The molecule has 2 N–H and O–H groups in total. The van der Waals surface area contributed by atoms with E-state index in [0.29, 0.717) is 17.4 Å². The molecule has 1 unspecified atom stereocenters. The van der Waals surface area contributed by atoms with Crippen LogP contribution in [0.5, 0.6) is 5.75 Å². The molecule has 0 spiro atoms. The summed E-state index contributed by atoms with van der Waals surface area (Å²) in [6, 6.07) is 4.55. The van der Waals surface area contributed by atoms with Gasteiger partial charge in [0, 0.05) is 6.54 Å². The maximum atomic E-state index is 12.4. The third kappa shape index (κ3) is 1.76. The lowest BCUT2D eigenvalue weighted by atomic mass is 10.2. The Morgan fingerprint density at radius 1 is 1.50 bits per heavy atom.